The first kappa shape index (κ1) is 17.8. The molecular formula is C18H19ClN2O3. The Hall–Kier alpha value is -2.53. The minimum Gasteiger partial charge on any atom is -0.496 e. The Bertz CT molecular complexity index is 788. The summed E-state index contributed by atoms with van der Waals surface area (Å²) in [7, 11) is 1.52. The van der Waals surface area contributed by atoms with Crippen LogP contribution in [0.15, 0.2) is 41.5 Å². The number of aryl methyl sites for hydroxylation is 1. The fourth-order valence-corrected chi connectivity index (χ4v) is 2.36. The molecule has 0 aliphatic carbocycles. The number of nitrogens with one attached hydrogen (secondary N) is 1. The molecule has 0 heterocycles. The maximum atomic E-state index is 11.0. The van der Waals surface area contributed by atoms with Gasteiger partial charge in [-0.05, 0) is 55.3 Å². The number of anilines is 1. The van der Waals surface area contributed by atoms with Crippen LogP contribution in [0.1, 0.15) is 23.6 Å². The second-order valence-electron chi connectivity index (χ2n) is 5.37. The lowest BCUT2D eigenvalue weighted by molar-refractivity contribution is -0.136. The van der Waals surface area contributed by atoms with Crippen molar-refractivity contribution in [1.29, 1.82) is 0 Å². The Labute approximate surface area is 145 Å². The molecule has 0 fully saturated rings. The van der Waals surface area contributed by atoms with Crippen molar-refractivity contribution >= 4 is 29.0 Å². The molecule has 2 aromatic carbocycles. The van der Waals surface area contributed by atoms with E-state index in [-0.39, 0.29) is 6.42 Å². The van der Waals surface area contributed by atoms with Gasteiger partial charge in [0.2, 0.25) is 0 Å². The van der Waals surface area contributed by atoms with Gasteiger partial charge in [0.15, 0.2) is 0 Å². The minimum atomic E-state index is -0.910. The predicted molar refractivity (Wildman–Crippen MR) is 96.4 cm³/mol. The molecule has 0 aromatic heterocycles. The predicted octanol–water partition coefficient (Wildman–Crippen LogP) is 4.12. The number of hydrogen-bond acceptors (Lipinski definition) is 4. The van der Waals surface area contributed by atoms with E-state index < -0.39 is 5.97 Å². The first-order valence-electron chi connectivity index (χ1n) is 7.36. The monoisotopic (exact) mass is 346 g/mol. The van der Waals surface area contributed by atoms with Crippen molar-refractivity contribution in [2.24, 2.45) is 5.10 Å². The lowest BCUT2D eigenvalue weighted by Gasteiger charge is -2.10. The maximum absolute atomic E-state index is 11.0. The van der Waals surface area contributed by atoms with Gasteiger partial charge in [0.05, 0.1) is 24.9 Å². The lowest BCUT2D eigenvalue weighted by Crippen LogP contribution is -2.05. The molecule has 2 N–H and O–H groups in total. The molecule has 0 bridgehead atoms. The first-order chi connectivity index (χ1) is 11.4. The molecule has 0 aliphatic heterocycles. The van der Waals surface area contributed by atoms with Gasteiger partial charge < -0.3 is 9.84 Å². The molecule has 0 spiro atoms. The zero-order valence-electron chi connectivity index (χ0n) is 13.8. The van der Waals surface area contributed by atoms with Crippen LogP contribution in [0.2, 0.25) is 5.02 Å². The molecule has 2 aromatic rings. The minimum absolute atomic E-state index is 0.106. The molecule has 5 nitrogen and oxygen atoms in total. The summed E-state index contributed by atoms with van der Waals surface area (Å²) < 4.78 is 5.20. The molecule has 0 saturated carbocycles. The summed E-state index contributed by atoms with van der Waals surface area (Å²) >= 11 is 6.09. The maximum Gasteiger partial charge on any atom is 0.307 e. The third kappa shape index (κ3) is 4.49. The van der Waals surface area contributed by atoms with Gasteiger partial charge in [-0.3, -0.25) is 10.2 Å². The Kier molecular flexibility index (Phi) is 5.82. The molecule has 0 amide bonds. The van der Waals surface area contributed by atoms with Gasteiger partial charge >= 0.3 is 5.97 Å². The fourth-order valence-electron chi connectivity index (χ4n) is 2.18. The topological polar surface area (TPSA) is 70.9 Å². The van der Waals surface area contributed by atoms with E-state index in [9.17, 15) is 4.79 Å². The first-order valence-corrected chi connectivity index (χ1v) is 7.74. The smallest absolute Gasteiger partial charge is 0.307 e. The number of rotatable bonds is 6. The molecular weight excluding hydrogens is 328 g/mol. The van der Waals surface area contributed by atoms with Crippen molar-refractivity contribution in [3.05, 3.63) is 58.1 Å². The van der Waals surface area contributed by atoms with Crippen molar-refractivity contribution in [3.8, 4) is 5.75 Å². The van der Waals surface area contributed by atoms with Gasteiger partial charge in [0, 0.05) is 10.6 Å². The molecule has 0 atom stereocenters. The van der Waals surface area contributed by atoms with Crippen molar-refractivity contribution < 1.29 is 14.6 Å². The highest BCUT2D eigenvalue weighted by molar-refractivity contribution is 6.31. The summed E-state index contributed by atoms with van der Waals surface area (Å²) in [6, 6.07) is 11.0. The molecule has 0 unspecified atom stereocenters. The second kappa shape index (κ2) is 7.84. The number of hydrogen-bond donors (Lipinski definition) is 2. The van der Waals surface area contributed by atoms with Crippen molar-refractivity contribution in [3.63, 3.8) is 0 Å². The quantitative estimate of drug-likeness (QED) is 0.609. The Morgan fingerprint density at radius 3 is 2.67 bits per heavy atom. The van der Waals surface area contributed by atoms with Crippen LogP contribution in [0.4, 0.5) is 5.69 Å². The SMILES string of the molecule is COc1ccc(/C(C)=N\Nc2ccc(C)c(Cl)c2)cc1CC(=O)O. The summed E-state index contributed by atoms with van der Waals surface area (Å²) in [5, 5.41) is 14.0. The van der Waals surface area contributed by atoms with E-state index in [1.807, 2.05) is 32.0 Å². The van der Waals surface area contributed by atoms with Gasteiger partial charge in [-0.1, -0.05) is 17.7 Å². The number of methoxy groups -OCH3 is 1. The normalized spacial score (nSPS) is 11.2. The van der Waals surface area contributed by atoms with Gasteiger partial charge in [0.1, 0.15) is 5.75 Å². The van der Waals surface area contributed by atoms with Gasteiger partial charge in [-0.2, -0.15) is 5.10 Å². The van der Waals surface area contributed by atoms with Crippen LogP contribution in [0.3, 0.4) is 0 Å². The van der Waals surface area contributed by atoms with E-state index in [0.29, 0.717) is 16.3 Å². The number of carbonyl (C=O) groups is 1. The number of benzene rings is 2. The number of aliphatic carboxylic acids is 1. The third-order valence-electron chi connectivity index (χ3n) is 3.56. The van der Waals surface area contributed by atoms with Crippen molar-refractivity contribution in [2.45, 2.75) is 20.3 Å². The fraction of sp³-hybridized carbons (Fsp3) is 0.222. The Balaban J connectivity index is 2.22. The van der Waals surface area contributed by atoms with Crippen LogP contribution in [-0.2, 0) is 11.2 Å². The number of nitrogens with zero attached hydrogens (tertiary/aromatic N) is 1. The number of hydrazone groups is 1. The van der Waals surface area contributed by atoms with Crippen LogP contribution >= 0.6 is 11.6 Å². The van der Waals surface area contributed by atoms with Crippen LogP contribution in [-0.4, -0.2) is 23.9 Å². The molecule has 0 saturated heterocycles. The van der Waals surface area contributed by atoms with Crippen LogP contribution < -0.4 is 10.2 Å². The summed E-state index contributed by atoms with van der Waals surface area (Å²) in [5.74, 6) is -0.361. The Morgan fingerprint density at radius 2 is 2.04 bits per heavy atom. The van der Waals surface area contributed by atoms with Gasteiger partial charge in [-0.25, -0.2) is 0 Å². The standard InChI is InChI=1S/C18H19ClN2O3/c1-11-4-6-15(10-16(11)19)21-20-12(2)13-5-7-17(24-3)14(8-13)9-18(22)23/h4-8,10,21H,9H2,1-3H3,(H,22,23)/b20-12-. The number of halogens is 1. The second-order valence-corrected chi connectivity index (χ2v) is 5.78. The average Bonchev–Trinajstić information content (AvgIpc) is 2.55. The summed E-state index contributed by atoms with van der Waals surface area (Å²) in [5.41, 5.74) is 6.88. The summed E-state index contributed by atoms with van der Waals surface area (Å²) in [4.78, 5) is 11.0. The van der Waals surface area contributed by atoms with E-state index in [1.54, 1.807) is 18.2 Å². The van der Waals surface area contributed by atoms with Crippen molar-refractivity contribution in [1.82, 2.24) is 0 Å². The van der Waals surface area contributed by atoms with Crippen LogP contribution in [0, 0.1) is 6.92 Å². The highest BCUT2D eigenvalue weighted by Crippen LogP contribution is 2.22. The molecule has 126 valence electrons. The van der Waals surface area contributed by atoms with Gasteiger partial charge in [-0.15, -0.1) is 0 Å². The summed E-state index contributed by atoms with van der Waals surface area (Å²) in [6.45, 7) is 3.77. The average molecular weight is 347 g/mol. The molecule has 24 heavy (non-hydrogen) atoms. The van der Waals surface area contributed by atoms with E-state index in [4.69, 9.17) is 21.4 Å². The molecule has 2 rings (SSSR count). The van der Waals surface area contributed by atoms with Crippen LogP contribution in [0.25, 0.3) is 0 Å². The number of ether oxygens (including phenoxy) is 1. The van der Waals surface area contributed by atoms with Gasteiger partial charge in [0.25, 0.3) is 0 Å². The number of carboxylic acid groups (broad SMARTS) is 1. The van der Waals surface area contributed by atoms with E-state index in [0.717, 1.165) is 22.5 Å². The highest BCUT2D eigenvalue weighted by atomic mass is 35.5. The highest BCUT2D eigenvalue weighted by Gasteiger charge is 2.10. The summed E-state index contributed by atoms with van der Waals surface area (Å²) in [6.07, 6.45) is -0.106. The largest absolute Gasteiger partial charge is 0.496 e. The lowest BCUT2D eigenvalue weighted by atomic mass is 10.0. The third-order valence-corrected chi connectivity index (χ3v) is 3.97. The Morgan fingerprint density at radius 1 is 1.29 bits per heavy atom. The van der Waals surface area contributed by atoms with E-state index in [2.05, 4.69) is 10.5 Å². The number of carboxylic acids is 1. The van der Waals surface area contributed by atoms with E-state index in [1.165, 1.54) is 7.11 Å². The molecule has 0 aliphatic rings. The van der Waals surface area contributed by atoms with E-state index >= 15 is 0 Å². The molecule has 6 heteroatoms. The van der Waals surface area contributed by atoms with Crippen molar-refractivity contribution in [2.75, 3.05) is 12.5 Å². The van der Waals surface area contributed by atoms with Crippen LogP contribution in [0.5, 0.6) is 5.75 Å². The molecule has 0 radical (unpaired) electrons. The zero-order valence-corrected chi connectivity index (χ0v) is 14.5. The zero-order chi connectivity index (χ0) is 17.7.